The molecule has 1 aliphatic rings. The first-order valence-electron chi connectivity index (χ1n) is 6.55. The van der Waals surface area contributed by atoms with Gasteiger partial charge in [0.25, 0.3) is 0 Å². The van der Waals surface area contributed by atoms with Gasteiger partial charge in [-0.3, -0.25) is 0 Å². The second-order valence-corrected chi connectivity index (χ2v) is 4.95. The summed E-state index contributed by atoms with van der Waals surface area (Å²) in [4.78, 5) is 2.23. The molecule has 5 nitrogen and oxygen atoms in total. The highest BCUT2D eigenvalue weighted by molar-refractivity contribution is 5.43. The highest BCUT2D eigenvalue weighted by Crippen LogP contribution is 2.32. The topological polar surface area (TPSA) is 68.0 Å². The van der Waals surface area contributed by atoms with Crippen molar-refractivity contribution in [3.05, 3.63) is 23.8 Å². The Hall–Kier alpha value is -1.30. The summed E-state index contributed by atoms with van der Waals surface area (Å²) in [5.41, 5.74) is 6.23. The molecule has 2 atom stereocenters. The number of hydrogen-bond donors (Lipinski definition) is 2. The predicted octanol–water partition coefficient (Wildman–Crippen LogP) is 0.770. The number of rotatable bonds is 5. The molecule has 2 unspecified atom stereocenters. The fourth-order valence-corrected chi connectivity index (χ4v) is 2.30. The number of nitrogens with zero attached hydrogens (tertiary/aromatic N) is 1. The van der Waals surface area contributed by atoms with E-state index in [4.69, 9.17) is 15.2 Å². The van der Waals surface area contributed by atoms with E-state index < -0.39 is 6.10 Å². The lowest BCUT2D eigenvalue weighted by Crippen LogP contribution is -2.21. The Morgan fingerprint density at radius 1 is 1.47 bits per heavy atom. The van der Waals surface area contributed by atoms with Crippen LogP contribution in [-0.4, -0.2) is 49.9 Å². The monoisotopic (exact) mass is 266 g/mol. The maximum Gasteiger partial charge on any atom is 0.162 e. The predicted molar refractivity (Wildman–Crippen MR) is 73.5 cm³/mol. The fraction of sp³-hybridized carbons (Fsp3) is 0.571. The average Bonchev–Trinajstić information content (AvgIpc) is 2.83. The molecular weight excluding hydrogens is 244 g/mol. The Balaban J connectivity index is 2.16. The molecule has 1 aromatic rings. The number of ether oxygens (including phenoxy) is 2. The smallest absolute Gasteiger partial charge is 0.162 e. The van der Waals surface area contributed by atoms with Crippen molar-refractivity contribution < 1.29 is 14.6 Å². The molecule has 1 aliphatic heterocycles. The van der Waals surface area contributed by atoms with Crippen LogP contribution in [0.3, 0.4) is 0 Å². The molecule has 0 saturated carbocycles. The zero-order valence-electron chi connectivity index (χ0n) is 11.5. The number of likely N-dealkylation sites (tertiary alicyclic amines) is 1. The summed E-state index contributed by atoms with van der Waals surface area (Å²) in [5.74, 6) is 1.36. The Morgan fingerprint density at radius 2 is 2.26 bits per heavy atom. The van der Waals surface area contributed by atoms with E-state index >= 15 is 0 Å². The number of aliphatic hydroxyl groups is 1. The van der Waals surface area contributed by atoms with Crippen molar-refractivity contribution in [3.63, 3.8) is 0 Å². The molecule has 106 valence electrons. The summed E-state index contributed by atoms with van der Waals surface area (Å²) in [6.07, 6.45) is 0.507. The van der Waals surface area contributed by atoms with Crippen LogP contribution in [0.25, 0.3) is 0 Å². The van der Waals surface area contributed by atoms with Gasteiger partial charge in [-0.15, -0.1) is 0 Å². The van der Waals surface area contributed by atoms with Crippen LogP contribution in [0.1, 0.15) is 18.1 Å². The normalized spacial score (nSPS) is 21.4. The SMILES string of the molecule is COc1ccc(C(O)CN)cc1OC1CCN(C)C1. The summed E-state index contributed by atoms with van der Waals surface area (Å²) in [7, 11) is 3.69. The van der Waals surface area contributed by atoms with Gasteiger partial charge in [0.15, 0.2) is 11.5 Å². The van der Waals surface area contributed by atoms with Gasteiger partial charge in [0.2, 0.25) is 0 Å². The van der Waals surface area contributed by atoms with Gasteiger partial charge in [-0.05, 0) is 31.2 Å². The molecule has 0 radical (unpaired) electrons. The van der Waals surface area contributed by atoms with Gasteiger partial charge in [0.1, 0.15) is 6.10 Å². The maximum atomic E-state index is 9.79. The van der Waals surface area contributed by atoms with Crippen molar-refractivity contribution in [2.45, 2.75) is 18.6 Å². The average molecular weight is 266 g/mol. The lowest BCUT2D eigenvalue weighted by molar-refractivity contribution is 0.181. The molecule has 1 saturated heterocycles. The zero-order chi connectivity index (χ0) is 13.8. The highest BCUT2D eigenvalue weighted by Gasteiger charge is 2.22. The van der Waals surface area contributed by atoms with Crippen molar-refractivity contribution in [2.24, 2.45) is 5.73 Å². The fourth-order valence-electron chi connectivity index (χ4n) is 2.30. The van der Waals surface area contributed by atoms with E-state index in [-0.39, 0.29) is 12.6 Å². The molecule has 0 amide bonds. The lowest BCUT2D eigenvalue weighted by Gasteiger charge is -2.18. The Morgan fingerprint density at radius 3 is 2.84 bits per heavy atom. The number of benzene rings is 1. The molecule has 0 bridgehead atoms. The minimum atomic E-state index is -0.667. The number of likely N-dealkylation sites (N-methyl/N-ethyl adjacent to an activating group) is 1. The molecule has 1 heterocycles. The van der Waals surface area contributed by atoms with Crippen LogP contribution in [-0.2, 0) is 0 Å². The first kappa shape index (κ1) is 14.1. The molecule has 0 aromatic heterocycles. The largest absolute Gasteiger partial charge is 0.493 e. The Kier molecular flexibility index (Phi) is 4.63. The first-order valence-corrected chi connectivity index (χ1v) is 6.55. The first-order chi connectivity index (χ1) is 9.13. The van der Waals surface area contributed by atoms with E-state index in [2.05, 4.69) is 11.9 Å². The van der Waals surface area contributed by atoms with E-state index in [0.717, 1.165) is 25.1 Å². The van der Waals surface area contributed by atoms with E-state index in [1.807, 2.05) is 18.2 Å². The zero-order valence-corrected chi connectivity index (χ0v) is 11.5. The molecule has 1 aromatic carbocycles. The van der Waals surface area contributed by atoms with Crippen LogP contribution in [0, 0.1) is 0 Å². The molecule has 0 aliphatic carbocycles. The highest BCUT2D eigenvalue weighted by atomic mass is 16.5. The van der Waals surface area contributed by atoms with Crippen LogP contribution < -0.4 is 15.2 Å². The van der Waals surface area contributed by atoms with Gasteiger partial charge in [0.05, 0.1) is 13.2 Å². The summed E-state index contributed by atoms with van der Waals surface area (Å²) in [5, 5.41) is 9.79. The Labute approximate surface area is 113 Å². The van der Waals surface area contributed by atoms with Crippen LogP contribution in [0.2, 0.25) is 0 Å². The summed E-state index contributed by atoms with van der Waals surface area (Å²) in [6.45, 7) is 2.14. The van der Waals surface area contributed by atoms with Gasteiger partial charge < -0.3 is 25.2 Å². The van der Waals surface area contributed by atoms with Gasteiger partial charge in [0, 0.05) is 19.6 Å². The van der Waals surface area contributed by atoms with Crippen molar-refractivity contribution >= 4 is 0 Å². The van der Waals surface area contributed by atoms with Crippen LogP contribution >= 0.6 is 0 Å². The maximum absolute atomic E-state index is 9.79. The summed E-state index contributed by atoms with van der Waals surface area (Å²) >= 11 is 0. The van der Waals surface area contributed by atoms with Crippen molar-refractivity contribution in [2.75, 3.05) is 33.8 Å². The number of methoxy groups -OCH3 is 1. The summed E-state index contributed by atoms with van der Waals surface area (Å²) in [6, 6.07) is 5.43. The number of hydrogen-bond acceptors (Lipinski definition) is 5. The van der Waals surface area contributed by atoms with Crippen molar-refractivity contribution in [1.82, 2.24) is 4.90 Å². The molecular formula is C14H22N2O3. The minimum Gasteiger partial charge on any atom is -0.493 e. The quantitative estimate of drug-likeness (QED) is 0.824. The van der Waals surface area contributed by atoms with Crippen LogP contribution in [0.15, 0.2) is 18.2 Å². The molecule has 2 rings (SSSR count). The number of aliphatic hydroxyl groups excluding tert-OH is 1. The second kappa shape index (κ2) is 6.23. The lowest BCUT2D eigenvalue weighted by atomic mass is 10.1. The molecule has 1 fully saturated rings. The third-order valence-electron chi connectivity index (χ3n) is 3.44. The Bertz CT molecular complexity index is 425. The van der Waals surface area contributed by atoms with Gasteiger partial charge in [-0.1, -0.05) is 6.07 Å². The molecule has 19 heavy (non-hydrogen) atoms. The van der Waals surface area contributed by atoms with E-state index in [1.54, 1.807) is 7.11 Å². The minimum absolute atomic E-state index is 0.171. The number of nitrogens with two attached hydrogens (primary N) is 1. The van der Waals surface area contributed by atoms with Gasteiger partial charge >= 0.3 is 0 Å². The van der Waals surface area contributed by atoms with E-state index in [0.29, 0.717) is 11.5 Å². The summed E-state index contributed by atoms with van der Waals surface area (Å²) < 4.78 is 11.3. The van der Waals surface area contributed by atoms with Crippen LogP contribution in [0.4, 0.5) is 0 Å². The van der Waals surface area contributed by atoms with Crippen molar-refractivity contribution in [3.8, 4) is 11.5 Å². The van der Waals surface area contributed by atoms with E-state index in [1.165, 1.54) is 0 Å². The van der Waals surface area contributed by atoms with Crippen LogP contribution in [0.5, 0.6) is 11.5 Å². The van der Waals surface area contributed by atoms with Gasteiger partial charge in [-0.2, -0.15) is 0 Å². The second-order valence-electron chi connectivity index (χ2n) is 4.95. The standard InChI is InChI=1S/C14H22N2O3/c1-16-6-5-11(9-16)19-14-7-10(12(17)8-15)3-4-13(14)18-2/h3-4,7,11-12,17H,5-6,8-9,15H2,1-2H3. The molecule has 5 heteroatoms. The molecule has 3 N–H and O–H groups in total. The molecule has 0 spiro atoms. The van der Waals surface area contributed by atoms with Crippen molar-refractivity contribution in [1.29, 1.82) is 0 Å². The third kappa shape index (κ3) is 3.37. The van der Waals surface area contributed by atoms with E-state index in [9.17, 15) is 5.11 Å². The van der Waals surface area contributed by atoms with Gasteiger partial charge in [-0.25, -0.2) is 0 Å². The third-order valence-corrected chi connectivity index (χ3v) is 3.44.